The van der Waals surface area contributed by atoms with Crippen molar-refractivity contribution in [1.29, 1.82) is 0 Å². The maximum Gasteiger partial charge on any atom is 0.134 e. The largest absolute Gasteiger partial charge is 0.356 e. The second-order valence-electron chi connectivity index (χ2n) is 5.84. The predicted octanol–water partition coefficient (Wildman–Crippen LogP) is 3.28. The van der Waals surface area contributed by atoms with Crippen LogP contribution in [0.25, 0.3) is 0 Å². The average Bonchev–Trinajstić information content (AvgIpc) is 2.46. The minimum atomic E-state index is 0.349. The molecule has 0 aromatic carbocycles. The number of hydrogen-bond acceptors (Lipinski definition) is 4. The number of rotatable bonds is 4. The second-order valence-corrected chi connectivity index (χ2v) is 6.65. The quantitative estimate of drug-likeness (QED) is 0.787. The lowest BCUT2D eigenvalue weighted by molar-refractivity contribution is 0.220. The Kier molecular flexibility index (Phi) is 5.38. The Balaban J connectivity index is 2.11. The SMILES string of the molecule is CCN1CCC(N(C)c2cc(Br)nc(C(C)C)n2)CC1. The van der Waals surface area contributed by atoms with Crippen LogP contribution in [0, 0.1) is 0 Å². The van der Waals surface area contributed by atoms with E-state index in [2.05, 4.69) is 58.5 Å². The van der Waals surface area contributed by atoms with Gasteiger partial charge in [-0.05, 0) is 35.3 Å². The van der Waals surface area contributed by atoms with Crippen LogP contribution >= 0.6 is 15.9 Å². The molecule has 1 saturated heterocycles. The molecule has 0 N–H and O–H groups in total. The third kappa shape index (κ3) is 3.70. The van der Waals surface area contributed by atoms with Crippen molar-refractivity contribution in [2.24, 2.45) is 0 Å². The fraction of sp³-hybridized carbons (Fsp3) is 0.733. The molecule has 5 heteroatoms. The molecular formula is C15H25BrN4. The molecule has 0 amide bonds. The molecule has 0 spiro atoms. The molecule has 20 heavy (non-hydrogen) atoms. The van der Waals surface area contributed by atoms with Crippen molar-refractivity contribution in [2.45, 2.75) is 45.6 Å². The van der Waals surface area contributed by atoms with Crippen molar-refractivity contribution in [2.75, 3.05) is 31.6 Å². The van der Waals surface area contributed by atoms with Gasteiger partial charge >= 0.3 is 0 Å². The van der Waals surface area contributed by atoms with Gasteiger partial charge in [0.15, 0.2) is 0 Å². The van der Waals surface area contributed by atoms with Gasteiger partial charge in [0.05, 0.1) is 0 Å². The van der Waals surface area contributed by atoms with Gasteiger partial charge in [-0.25, -0.2) is 9.97 Å². The Morgan fingerprint density at radius 3 is 2.55 bits per heavy atom. The van der Waals surface area contributed by atoms with Crippen molar-refractivity contribution < 1.29 is 0 Å². The molecule has 2 heterocycles. The van der Waals surface area contributed by atoms with E-state index >= 15 is 0 Å². The monoisotopic (exact) mass is 340 g/mol. The summed E-state index contributed by atoms with van der Waals surface area (Å²) in [7, 11) is 2.16. The number of aromatic nitrogens is 2. The summed E-state index contributed by atoms with van der Waals surface area (Å²) in [6.45, 7) is 10.0. The Labute approximate surface area is 130 Å². The van der Waals surface area contributed by atoms with E-state index in [0.717, 1.165) is 22.8 Å². The van der Waals surface area contributed by atoms with E-state index in [-0.39, 0.29) is 0 Å². The lowest BCUT2D eigenvalue weighted by Crippen LogP contribution is -2.43. The molecule has 1 aromatic heterocycles. The number of halogens is 1. The maximum atomic E-state index is 4.72. The Hall–Kier alpha value is -0.680. The number of anilines is 1. The minimum Gasteiger partial charge on any atom is -0.356 e. The van der Waals surface area contributed by atoms with E-state index in [1.54, 1.807) is 0 Å². The predicted molar refractivity (Wildman–Crippen MR) is 87.4 cm³/mol. The summed E-state index contributed by atoms with van der Waals surface area (Å²) in [5.74, 6) is 2.29. The zero-order chi connectivity index (χ0) is 14.7. The average molecular weight is 341 g/mol. The molecule has 0 saturated carbocycles. The van der Waals surface area contributed by atoms with Crippen LogP contribution in [-0.4, -0.2) is 47.6 Å². The summed E-state index contributed by atoms with van der Waals surface area (Å²) in [5, 5.41) is 0. The van der Waals surface area contributed by atoms with E-state index in [9.17, 15) is 0 Å². The summed E-state index contributed by atoms with van der Waals surface area (Å²) in [6.07, 6.45) is 2.42. The standard InChI is InChI=1S/C15H25BrN4/c1-5-20-8-6-12(7-9-20)19(4)14-10-13(16)17-15(18-14)11(2)3/h10-12H,5-9H2,1-4H3. The summed E-state index contributed by atoms with van der Waals surface area (Å²) in [5.41, 5.74) is 0. The Morgan fingerprint density at radius 1 is 1.35 bits per heavy atom. The fourth-order valence-corrected chi connectivity index (χ4v) is 3.06. The Bertz CT molecular complexity index is 441. The molecule has 1 fully saturated rings. The normalized spacial score (nSPS) is 17.7. The van der Waals surface area contributed by atoms with E-state index < -0.39 is 0 Å². The van der Waals surface area contributed by atoms with Crippen LogP contribution in [-0.2, 0) is 0 Å². The van der Waals surface area contributed by atoms with Crippen molar-refractivity contribution in [3.63, 3.8) is 0 Å². The van der Waals surface area contributed by atoms with Gasteiger partial charge in [-0.1, -0.05) is 20.8 Å². The molecule has 0 atom stereocenters. The molecular weight excluding hydrogens is 316 g/mol. The van der Waals surface area contributed by atoms with Crippen LogP contribution in [0.1, 0.15) is 45.4 Å². The third-order valence-corrected chi connectivity index (χ3v) is 4.53. The molecule has 1 aliphatic rings. The smallest absolute Gasteiger partial charge is 0.134 e. The first kappa shape index (κ1) is 15.7. The van der Waals surface area contributed by atoms with Gasteiger partial charge in [0, 0.05) is 38.2 Å². The third-order valence-electron chi connectivity index (χ3n) is 4.13. The van der Waals surface area contributed by atoms with Crippen LogP contribution in [0.5, 0.6) is 0 Å². The van der Waals surface area contributed by atoms with Crippen LogP contribution in [0.2, 0.25) is 0 Å². The van der Waals surface area contributed by atoms with Crippen molar-refractivity contribution in [1.82, 2.24) is 14.9 Å². The highest BCUT2D eigenvalue weighted by Crippen LogP contribution is 2.24. The minimum absolute atomic E-state index is 0.349. The van der Waals surface area contributed by atoms with E-state index in [1.807, 2.05) is 6.07 Å². The summed E-state index contributed by atoms with van der Waals surface area (Å²) < 4.78 is 0.879. The van der Waals surface area contributed by atoms with Crippen molar-refractivity contribution in [3.05, 3.63) is 16.5 Å². The lowest BCUT2D eigenvalue weighted by Gasteiger charge is -2.37. The Morgan fingerprint density at radius 2 is 2.00 bits per heavy atom. The molecule has 112 valence electrons. The van der Waals surface area contributed by atoms with E-state index in [0.29, 0.717) is 12.0 Å². The van der Waals surface area contributed by atoms with Gasteiger partial charge in [0.2, 0.25) is 0 Å². The molecule has 0 bridgehead atoms. The van der Waals surface area contributed by atoms with Gasteiger partial charge < -0.3 is 9.80 Å². The van der Waals surface area contributed by atoms with E-state index in [1.165, 1.54) is 25.9 Å². The highest BCUT2D eigenvalue weighted by atomic mass is 79.9. The highest BCUT2D eigenvalue weighted by molar-refractivity contribution is 9.10. The molecule has 4 nitrogen and oxygen atoms in total. The molecule has 1 aliphatic heterocycles. The number of likely N-dealkylation sites (tertiary alicyclic amines) is 1. The first-order valence-electron chi connectivity index (χ1n) is 7.51. The molecule has 0 unspecified atom stereocenters. The summed E-state index contributed by atoms with van der Waals surface area (Å²) in [4.78, 5) is 14.0. The molecule has 1 aromatic rings. The second kappa shape index (κ2) is 6.85. The van der Waals surface area contributed by atoms with Crippen molar-refractivity contribution >= 4 is 21.7 Å². The van der Waals surface area contributed by atoms with Crippen LogP contribution in [0.4, 0.5) is 5.82 Å². The maximum absolute atomic E-state index is 4.72. The summed E-state index contributed by atoms with van der Waals surface area (Å²) >= 11 is 3.51. The zero-order valence-corrected chi connectivity index (χ0v) is 14.5. The molecule has 0 aliphatic carbocycles. The van der Waals surface area contributed by atoms with Crippen LogP contribution < -0.4 is 4.90 Å². The van der Waals surface area contributed by atoms with Crippen molar-refractivity contribution in [3.8, 4) is 0 Å². The zero-order valence-electron chi connectivity index (χ0n) is 12.9. The first-order valence-corrected chi connectivity index (χ1v) is 8.30. The topological polar surface area (TPSA) is 32.3 Å². The van der Waals surface area contributed by atoms with Crippen LogP contribution in [0.3, 0.4) is 0 Å². The van der Waals surface area contributed by atoms with Gasteiger partial charge in [-0.3, -0.25) is 0 Å². The van der Waals surface area contributed by atoms with Gasteiger partial charge in [0.1, 0.15) is 16.2 Å². The number of piperidine rings is 1. The van der Waals surface area contributed by atoms with Gasteiger partial charge in [-0.15, -0.1) is 0 Å². The summed E-state index contributed by atoms with van der Waals surface area (Å²) in [6, 6.07) is 2.61. The molecule has 0 radical (unpaired) electrons. The number of hydrogen-bond donors (Lipinski definition) is 0. The van der Waals surface area contributed by atoms with Gasteiger partial charge in [0.25, 0.3) is 0 Å². The highest BCUT2D eigenvalue weighted by Gasteiger charge is 2.23. The molecule has 2 rings (SSSR count). The lowest BCUT2D eigenvalue weighted by atomic mass is 10.0. The number of nitrogens with zero attached hydrogens (tertiary/aromatic N) is 4. The van der Waals surface area contributed by atoms with Gasteiger partial charge in [-0.2, -0.15) is 0 Å². The fourth-order valence-electron chi connectivity index (χ4n) is 2.67. The van der Waals surface area contributed by atoms with Crippen LogP contribution in [0.15, 0.2) is 10.7 Å². The first-order chi connectivity index (χ1) is 9.51. The van der Waals surface area contributed by atoms with E-state index in [4.69, 9.17) is 4.98 Å².